The fraction of sp³-hybridized carbons (Fsp3) is 0.394. The molecule has 0 saturated heterocycles. The van der Waals surface area contributed by atoms with E-state index in [0.717, 1.165) is 0 Å². The summed E-state index contributed by atoms with van der Waals surface area (Å²) in [5.41, 5.74) is 0.556. The number of carbonyl (C=O) groups excluding carboxylic acids is 4. The highest BCUT2D eigenvalue weighted by Crippen LogP contribution is 2.16. The third-order valence-corrected chi connectivity index (χ3v) is 6.73. The zero-order valence-electron chi connectivity index (χ0n) is 25.6. The summed E-state index contributed by atoms with van der Waals surface area (Å²) in [4.78, 5) is 53.4. The molecule has 0 radical (unpaired) electrons. The molecule has 0 aliphatic carbocycles. The number of rotatable bonds is 13. The van der Waals surface area contributed by atoms with Crippen LogP contribution in [-0.2, 0) is 27.2 Å². The van der Waals surface area contributed by atoms with Gasteiger partial charge in [-0.25, -0.2) is 4.79 Å². The summed E-state index contributed by atoms with van der Waals surface area (Å²) in [6.45, 7) is 8.96. The average Bonchev–Trinajstić information content (AvgIpc) is 3.48. The molecule has 2 aromatic carbocycles. The normalized spacial score (nSPS) is 13.4. The maximum absolute atomic E-state index is 13.8. The van der Waals surface area contributed by atoms with Gasteiger partial charge in [-0.1, -0.05) is 49.7 Å². The molecule has 1 aromatic heterocycles. The molecular formula is C33H40ClN3O7. The van der Waals surface area contributed by atoms with E-state index in [0.29, 0.717) is 22.6 Å². The Hall–Kier alpha value is -4.31. The summed E-state index contributed by atoms with van der Waals surface area (Å²) in [6, 6.07) is 13.0. The van der Waals surface area contributed by atoms with Gasteiger partial charge in [0.2, 0.25) is 17.6 Å². The van der Waals surface area contributed by atoms with Crippen LogP contribution in [0.3, 0.4) is 0 Å². The van der Waals surface area contributed by atoms with Crippen molar-refractivity contribution in [3.05, 3.63) is 88.8 Å². The van der Waals surface area contributed by atoms with Gasteiger partial charge in [-0.15, -0.1) is 0 Å². The molecule has 4 N–H and O–H groups in total. The van der Waals surface area contributed by atoms with E-state index < -0.39 is 41.6 Å². The minimum Gasteiger partial charge on any atom is -0.508 e. The highest BCUT2D eigenvalue weighted by Gasteiger charge is 2.32. The van der Waals surface area contributed by atoms with Crippen LogP contribution in [0.5, 0.6) is 5.75 Å². The summed E-state index contributed by atoms with van der Waals surface area (Å²) in [5.74, 6) is -1.41. The Kier molecular flexibility index (Phi) is 12.0. The summed E-state index contributed by atoms with van der Waals surface area (Å²) < 4.78 is 10.7. The van der Waals surface area contributed by atoms with Crippen molar-refractivity contribution in [2.45, 2.75) is 77.6 Å². The number of phenols is 1. The van der Waals surface area contributed by atoms with Crippen LogP contribution in [0, 0.1) is 5.92 Å². The van der Waals surface area contributed by atoms with E-state index in [4.69, 9.17) is 20.8 Å². The van der Waals surface area contributed by atoms with Crippen LogP contribution in [0.15, 0.2) is 71.3 Å². The molecule has 0 fully saturated rings. The lowest BCUT2D eigenvalue weighted by Crippen LogP contribution is -2.57. The molecule has 0 aliphatic heterocycles. The standard InChI is InChI=1S/C33H40ClN3O7/c1-20(2)17-25(29(39)28-7-6-16-43-28)35-30(40)26(18-22-10-14-24(38)15-11-22)36-31(41)27(37-32(42)44-33(3,4)5)19-21-8-12-23(34)13-9-21/h6-16,20,25-27,38H,17-19H2,1-5H3,(H,35,40)(H,36,41)(H,37,42). The zero-order valence-corrected chi connectivity index (χ0v) is 26.3. The third kappa shape index (κ3) is 11.1. The first-order valence-electron chi connectivity index (χ1n) is 14.4. The largest absolute Gasteiger partial charge is 0.508 e. The quantitative estimate of drug-likeness (QED) is 0.191. The van der Waals surface area contributed by atoms with Crippen LogP contribution in [0.1, 0.15) is 62.7 Å². The predicted octanol–water partition coefficient (Wildman–Crippen LogP) is 5.22. The molecule has 0 spiro atoms. The van der Waals surface area contributed by atoms with Crippen molar-refractivity contribution in [3.8, 4) is 5.75 Å². The highest BCUT2D eigenvalue weighted by atomic mass is 35.5. The molecule has 3 rings (SSSR count). The second-order valence-corrected chi connectivity index (χ2v) is 12.4. The Morgan fingerprint density at radius 2 is 1.34 bits per heavy atom. The van der Waals surface area contributed by atoms with Gasteiger partial charge >= 0.3 is 6.09 Å². The van der Waals surface area contributed by atoms with Crippen molar-refractivity contribution in [1.29, 1.82) is 0 Å². The molecule has 11 heteroatoms. The number of amides is 3. The summed E-state index contributed by atoms with van der Waals surface area (Å²) in [7, 11) is 0. The van der Waals surface area contributed by atoms with Gasteiger partial charge in [0.25, 0.3) is 0 Å². The molecule has 3 amide bonds. The van der Waals surface area contributed by atoms with Gasteiger partial charge in [-0.3, -0.25) is 14.4 Å². The van der Waals surface area contributed by atoms with E-state index in [9.17, 15) is 24.3 Å². The number of furan rings is 1. The molecule has 0 aliphatic rings. The summed E-state index contributed by atoms with van der Waals surface area (Å²) >= 11 is 6.03. The van der Waals surface area contributed by atoms with Crippen molar-refractivity contribution in [2.75, 3.05) is 0 Å². The third-order valence-electron chi connectivity index (χ3n) is 6.47. The van der Waals surface area contributed by atoms with E-state index >= 15 is 0 Å². The lowest BCUT2D eigenvalue weighted by atomic mass is 9.97. The Labute approximate surface area is 262 Å². The van der Waals surface area contributed by atoms with Gasteiger partial charge in [0, 0.05) is 17.9 Å². The van der Waals surface area contributed by atoms with Crippen LogP contribution in [-0.4, -0.2) is 52.5 Å². The number of ether oxygens (including phenoxy) is 1. The van der Waals surface area contributed by atoms with Gasteiger partial charge in [0.1, 0.15) is 23.4 Å². The number of phenolic OH excluding ortho intramolecular Hbond substituents is 1. The van der Waals surface area contributed by atoms with Gasteiger partial charge in [0.05, 0.1) is 12.3 Å². The topological polar surface area (TPSA) is 147 Å². The number of aromatic hydroxyl groups is 1. The van der Waals surface area contributed by atoms with Crippen LogP contribution in [0.2, 0.25) is 5.02 Å². The number of benzene rings is 2. The lowest BCUT2D eigenvalue weighted by Gasteiger charge is -2.27. The van der Waals surface area contributed by atoms with Gasteiger partial charge in [0.15, 0.2) is 5.76 Å². The first-order valence-corrected chi connectivity index (χ1v) is 14.8. The lowest BCUT2D eigenvalue weighted by molar-refractivity contribution is -0.130. The van der Waals surface area contributed by atoms with E-state index in [1.807, 2.05) is 13.8 Å². The first kappa shape index (κ1) is 34.2. The van der Waals surface area contributed by atoms with Crippen LogP contribution in [0.25, 0.3) is 0 Å². The van der Waals surface area contributed by atoms with Gasteiger partial charge in [-0.2, -0.15) is 0 Å². The average molecular weight is 626 g/mol. The van der Waals surface area contributed by atoms with Crippen molar-refractivity contribution in [1.82, 2.24) is 16.0 Å². The molecule has 0 bridgehead atoms. The molecule has 1 heterocycles. The number of hydrogen-bond acceptors (Lipinski definition) is 7. The molecular weight excluding hydrogens is 586 g/mol. The Morgan fingerprint density at radius 1 is 0.818 bits per heavy atom. The van der Waals surface area contributed by atoms with Crippen molar-refractivity contribution in [2.24, 2.45) is 5.92 Å². The molecule has 3 unspecified atom stereocenters. The van der Waals surface area contributed by atoms with Crippen molar-refractivity contribution < 1.29 is 33.4 Å². The van der Waals surface area contributed by atoms with Gasteiger partial charge < -0.3 is 30.2 Å². The number of alkyl carbamates (subject to hydrolysis) is 1. The summed E-state index contributed by atoms with van der Waals surface area (Å²) in [5, 5.41) is 18.4. The van der Waals surface area contributed by atoms with E-state index in [2.05, 4.69) is 16.0 Å². The van der Waals surface area contributed by atoms with Crippen LogP contribution < -0.4 is 16.0 Å². The Morgan fingerprint density at radius 3 is 1.84 bits per heavy atom. The fourth-order valence-electron chi connectivity index (χ4n) is 4.43. The number of carbonyl (C=O) groups is 4. The minimum atomic E-state index is -1.14. The fourth-order valence-corrected chi connectivity index (χ4v) is 4.56. The van der Waals surface area contributed by atoms with Crippen molar-refractivity contribution >= 4 is 35.3 Å². The summed E-state index contributed by atoms with van der Waals surface area (Å²) in [6.07, 6.45) is 1.05. The maximum Gasteiger partial charge on any atom is 0.408 e. The second-order valence-electron chi connectivity index (χ2n) is 12.0. The zero-order chi connectivity index (χ0) is 32.4. The minimum absolute atomic E-state index is 0.0430. The SMILES string of the molecule is CC(C)CC(NC(=O)C(Cc1ccc(O)cc1)NC(=O)C(Cc1ccc(Cl)cc1)NC(=O)OC(C)(C)C)C(=O)c1ccco1. The van der Waals surface area contributed by atoms with E-state index in [1.54, 1.807) is 63.2 Å². The van der Waals surface area contributed by atoms with Crippen LogP contribution in [0.4, 0.5) is 4.79 Å². The highest BCUT2D eigenvalue weighted by molar-refractivity contribution is 6.30. The van der Waals surface area contributed by atoms with E-state index in [-0.39, 0.29) is 36.1 Å². The number of nitrogens with one attached hydrogen (secondary N) is 3. The maximum atomic E-state index is 13.8. The number of Topliss-reactive ketones (excluding diaryl/α,β-unsaturated/α-hetero) is 1. The van der Waals surface area contributed by atoms with Crippen LogP contribution >= 0.6 is 11.6 Å². The van der Waals surface area contributed by atoms with E-state index in [1.165, 1.54) is 24.5 Å². The molecule has 236 valence electrons. The molecule has 0 saturated carbocycles. The predicted molar refractivity (Wildman–Crippen MR) is 166 cm³/mol. The first-order chi connectivity index (χ1) is 20.7. The Balaban J connectivity index is 1.89. The van der Waals surface area contributed by atoms with Crippen molar-refractivity contribution in [3.63, 3.8) is 0 Å². The number of hydrogen-bond donors (Lipinski definition) is 4. The monoisotopic (exact) mass is 625 g/mol. The van der Waals surface area contributed by atoms with Gasteiger partial charge in [-0.05, 0) is 80.6 Å². The second kappa shape index (κ2) is 15.4. The smallest absolute Gasteiger partial charge is 0.408 e. The molecule has 10 nitrogen and oxygen atoms in total. The number of ketones is 1. The number of halogens is 1. The molecule has 44 heavy (non-hydrogen) atoms. The molecule has 3 atom stereocenters. The Bertz CT molecular complexity index is 1400. The molecule has 3 aromatic rings.